The molecule has 0 radical (unpaired) electrons. The molecule has 10 fully saturated rings. The van der Waals surface area contributed by atoms with Gasteiger partial charge in [-0.05, 0) is 129 Å². The predicted octanol–water partition coefficient (Wildman–Crippen LogP) is 14.2. The second-order valence-electron chi connectivity index (χ2n) is 24.7. The topological polar surface area (TPSA) is 111 Å². The maximum absolute atomic E-state index is 8.72. The van der Waals surface area contributed by atoms with E-state index >= 15 is 0 Å². The maximum atomic E-state index is 8.72. The molecule has 22 heteroatoms. The van der Waals surface area contributed by atoms with Gasteiger partial charge >= 0.3 is 61.6 Å². The highest BCUT2D eigenvalue weighted by atomic mass is 28.6. The Morgan fingerprint density at radius 1 is 0.290 bits per heavy atom. The molecule has 3 heterocycles. The molecule has 3 aliphatic heterocycles. The summed E-state index contributed by atoms with van der Waals surface area (Å²) in [6.07, 6.45) is 28.4. The Hall–Kier alpha value is 0.909. The van der Waals surface area contributed by atoms with Gasteiger partial charge in [0.2, 0.25) is 25.0 Å². The number of hydrogen-bond donors (Lipinski definition) is 0. The third kappa shape index (κ3) is 10.3. The van der Waals surface area contributed by atoms with Gasteiger partial charge < -0.3 is 49.4 Å². The van der Waals surface area contributed by atoms with E-state index < -0.39 is 86.6 Å². The Balaban J connectivity index is 1.35. The van der Waals surface area contributed by atoms with Crippen molar-refractivity contribution in [1.82, 2.24) is 0 Å². The molecule has 390 valence electrons. The van der Waals surface area contributed by atoms with Gasteiger partial charge in [-0.3, -0.25) is 0 Å². The van der Waals surface area contributed by atoms with Crippen LogP contribution in [0.15, 0.2) is 36.8 Å². The van der Waals surface area contributed by atoms with Crippen LogP contribution in [0.25, 0.3) is 0 Å². The molecule has 0 N–H and O–H groups in total. The average Bonchev–Trinajstić information content (AvgIpc) is 4.16. The Labute approximate surface area is 428 Å². The Bertz CT molecular complexity index is 1630. The SMILES string of the molecule is C=C[Si](C)(C)O[Si]1(C2CCCC2)O[Si]2(C3CCCC3)O[Si](O[Si](C)(C)C=C)(C3CCCC3)O[Si]3(C4CCCC4)O[Si](O[Si](C)(C)C=C)(C4CCCC4)O[Si](C4CCCC4)(O1)O[Si](C1CCCC1)(O2)O3. The predicted molar refractivity (Wildman–Crippen MR) is 292 cm³/mol. The molecule has 7 aliphatic carbocycles. The summed E-state index contributed by atoms with van der Waals surface area (Å²) in [7, 11) is -36.6. The molecule has 0 atom stereocenters. The first-order chi connectivity index (χ1) is 32.9. The highest BCUT2D eigenvalue weighted by Gasteiger charge is 2.84. The van der Waals surface area contributed by atoms with Crippen molar-refractivity contribution in [2.75, 3.05) is 0 Å². The van der Waals surface area contributed by atoms with Crippen molar-refractivity contribution in [2.24, 2.45) is 0 Å². The number of hydrogen-bond acceptors (Lipinski definition) is 12. The second kappa shape index (κ2) is 20.4. The van der Waals surface area contributed by atoms with Crippen LogP contribution in [-0.4, -0.2) is 86.6 Å². The van der Waals surface area contributed by atoms with Crippen molar-refractivity contribution in [3.63, 3.8) is 0 Å². The summed E-state index contributed by atoms with van der Waals surface area (Å²) in [5.41, 5.74) is 6.21. The van der Waals surface area contributed by atoms with Crippen molar-refractivity contribution in [3.8, 4) is 0 Å². The van der Waals surface area contributed by atoms with Gasteiger partial charge in [-0.15, -0.1) is 19.7 Å². The summed E-state index contributed by atoms with van der Waals surface area (Å²) < 4.78 is 102. The molecule has 3 saturated heterocycles. The van der Waals surface area contributed by atoms with Gasteiger partial charge in [0, 0.05) is 38.8 Å². The fourth-order valence-corrected chi connectivity index (χ4v) is 71.4. The van der Waals surface area contributed by atoms with Crippen LogP contribution >= 0.6 is 0 Å². The summed E-state index contributed by atoms with van der Waals surface area (Å²) in [6, 6.07) is 0. The van der Waals surface area contributed by atoms with Crippen LogP contribution in [0, 0.1) is 0 Å². The average molecular weight is 1130 g/mol. The smallest absolute Gasteiger partial charge is 0.412 e. The molecule has 0 spiro atoms. The molecular weight excluding hydrogens is 1040 g/mol. The van der Waals surface area contributed by atoms with Gasteiger partial charge in [-0.1, -0.05) is 107 Å². The van der Waals surface area contributed by atoms with Crippen molar-refractivity contribution in [3.05, 3.63) is 36.8 Å². The van der Waals surface area contributed by atoms with Gasteiger partial charge in [-0.2, -0.15) is 0 Å². The van der Waals surface area contributed by atoms with Crippen LogP contribution in [0.3, 0.4) is 0 Å². The zero-order valence-corrected chi connectivity index (χ0v) is 53.6. The monoisotopic (exact) mass is 1130 g/mol. The zero-order chi connectivity index (χ0) is 48.4. The van der Waals surface area contributed by atoms with Gasteiger partial charge in [-0.25, -0.2) is 0 Å². The van der Waals surface area contributed by atoms with E-state index in [1.54, 1.807) is 0 Å². The summed E-state index contributed by atoms with van der Waals surface area (Å²) in [6.45, 7) is 26.9. The summed E-state index contributed by atoms with van der Waals surface area (Å²) >= 11 is 0. The number of fused-ring (bicyclic) bond motifs is 3. The molecule has 4 bridgehead atoms. The molecule has 0 aromatic heterocycles. The summed E-state index contributed by atoms with van der Waals surface area (Å²) in [5.74, 6) is 0. The van der Waals surface area contributed by atoms with Crippen LogP contribution < -0.4 is 0 Å². The highest BCUT2D eigenvalue weighted by molar-refractivity contribution is 7.02. The van der Waals surface area contributed by atoms with Crippen molar-refractivity contribution in [2.45, 2.75) is 258 Å². The third-order valence-electron chi connectivity index (χ3n) is 18.2. The summed E-state index contributed by atoms with van der Waals surface area (Å²) in [5, 5.41) is 0. The standard InChI is InChI=1S/C47H90O12Si10/c1-10-60(4,5)48-63(41-27-13-14-28-41)51-66(44-33-19-20-34-44)53-64(42-29-15-16-30-42,49-61(6,7)11-2)55-68(46-37-23-24-38-46)56-65(43-31-17-18-32-43,50-62(8,9)12-3)54-67(52-63,45-35-21-22-36-45)58-69(57-66,59-68)47-39-25-26-40-47/h10-12,41-47H,1-3,13-40H2,4-9H3. The van der Waals surface area contributed by atoms with E-state index in [0.717, 1.165) is 180 Å². The molecule has 69 heavy (non-hydrogen) atoms. The number of rotatable bonds is 16. The van der Waals surface area contributed by atoms with E-state index in [1.807, 2.05) is 0 Å². The first-order valence-electron chi connectivity index (χ1n) is 28.2. The second-order valence-corrected chi connectivity index (χ2v) is 59.6. The molecule has 0 unspecified atom stereocenters. The lowest BCUT2D eigenvalue weighted by atomic mass is 10.4. The fourth-order valence-electron chi connectivity index (χ4n) is 14.2. The highest BCUT2D eigenvalue weighted by Crippen LogP contribution is 2.64. The quantitative estimate of drug-likeness (QED) is 0.137. The van der Waals surface area contributed by atoms with Gasteiger partial charge in [0.15, 0.2) is 0 Å². The molecule has 12 nitrogen and oxygen atoms in total. The van der Waals surface area contributed by atoms with Crippen LogP contribution in [-0.2, 0) is 49.4 Å². The molecule has 10 rings (SSSR count). The van der Waals surface area contributed by atoms with E-state index in [9.17, 15) is 0 Å². The minimum atomic E-state index is -4.12. The molecule has 7 saturated carbocycles. The normalized spacial score (nSPS) is 41.1. The Morgan fingerprint density at radius 3 is 0.623 bits per heavy atom. The molecule has 10 aliphatic rings. The van der Waals surface area contributed by atoms with Crippen molar-refractivity contribution in [1.29, 1.82) is 0 Å². The van der Waals surface area contributed by atoms with Gasteiger partial charge in [0.25, 0.3) is 0 Å². The zero-order valence-electron chi connectivity index (χ0n) is 43.6. The molecular formula is C47H90O12Si10. The maximum Gasteiger partial charge on any atom is 0.482 e. The fraction of sp³-hybridized carbons (Fsp3) is 0.872. The first kappa shape index (κ1) is 53.3. The lowest BCUT2D eigenvalue weighted by Gasteiger charge is -2.63. The Kier molecular flexibility index (Phi) is 15.7. The van der Waals surface area contributed by atoms with Crippen molar-refractivity contribution < 1.29 is 49.4 Å². The summed E-state index contributed by atoms with van der Waals surface area (Å²) in [4.78, 5) is 0. The Morgan fingerprint density at radius 2 is 0.449 bits per heavy atom. The van der Waals surface area contributed by atoms with E-state index in [2.05, 4.69) is 76.1 Å². The van der Waals surface area contributed by atoms with Crippen molar-refractivity contribution >= 4 is 86.6 Å². The van der Waals surface area contributed by atoms with Gasteiger partial charge in [0.1, 0.15) is 0 Å². The van der Waals surface area contributed by atoms with Crippen LogP contribution in [0.5, 0.6) is 0 Å². The third-order valence-corrected chi connectivity index (χ3v) is 62.4. The van der Waals surface area contributed by atoms with Gasteiger partial charge in [0.05, 0.1) is 0 Å². The van der Waals surface area contributed by atoms with E-state index in [-0.39, 0.29) is 38.8 Å². The van der Waals surface area contributed by atoms with E-state index in [0.29, 0.717) is 0 Å². The van der Waals surface area contributed by atoms with Crippen LogP contribution in [0.1, 0.15) is 180 Å². The minimum Gasteiger partial charge on any atom is -0.412 e. The van der Waals surface area contributed by atoms with Crippen LogP contribution in [0.2, 0.25) is 78.1 Å². The van der Waals surface area contributed by atoms with Crippen LogP contribution in [0.4, 0.5) is 0 Å². The minimum absolute atomic E-state index is 0.000560. The van der Waals surface area contributed by atoms with E-state index in [4.69, 9.17) is 49.4 Å². The molecule has 0 aromatic carbocycles. The lowest BCUT2D eigenvalue weighted by molar-refractivity contribution is -0.00650. The molecule has 0 aromatic rings. The van der Waals surface area contributed by atoms with E-state index in [1.165, 1.54) is 0 Å². The molecule has 0 amide bonds. The first-order valence-corrected chi connectivity index (χ1v) is 49.8. The lowest BCUT2D eigenvalue weighted by Crippen LogP contribution is -2.86. The largest absolute Gasteiger partial charge is 0.482 e.